The van der Waals surface area contributed by atoms with Gasteiger partial charge in [-0.05, 0) is 23.3 Å². The first kappa shape index (κ1) is 21.4. The fourth-order valence-corrected chi connectivity index (χ4v) is 5.00. The number of thiophene rings is 1. The minimum Gasteiger partial charge on any atom is -0.493 e. The van der Waals surface area contributed by atoms with Crippen LogP contribution in [0.15, 0.2) is 48.5 Å². The van der Waals surface area contributed by atoms with Gasteiger partial charge in [0.05, 0.1) is 12.8 Å². The van der Waals surface area contributed by atoms with E-state index in [1.807, 2.05) is 30.3 Å². The van der Waals surface area contributed by atoms with Gasteiger partial charge in [0.2, 0.25) is 5.91 Å². The van der Waals surface area contributed by atoms with Crippen LogP contribution in [0.1, 0.15) is 32.5 Å². The Labute approximate surface area is 187 Å². The van der Waals surface area contributed by atoms with E-state index in [0.29, 0.717) is 28.3 Å². The monoisotopic (exact) mass is 452 g/mol. The number of methoxy groups -OCH3 is 1. The van der Waals surface area contributed by atoms with Gasteiger partial charge in [-0.3, -0.25) is 9.59 Å². The zero-order chi connectivity index (χ0) is 22.8. The Kier molecular flexibility index (Phi) is 5.83. The van der Waals surface area contributed by atoms with E-state index in [-0.39, 0.29) is 29.7 Å². The van der Waals surface area contributed by atoms with Crippen molar-refractivity contribution in [2.24, 2.45) is 5.73 Å². The Balaban J connectivity index is 1.84. The second-order valence-corrected chi connectivity index (χ2v) is 8.24. The van der Waals surface area contributed by atoms with Crippen molar-refractivity contribution >= 4 is 34.8 Å². The fraction of sp³-hybridized carbons (Fsp3) is 0.174. The summed E-state index contributed by atoms with van der Waals surface area (Å²) in [6.45, 7) is -0.323. The Morgan fingerprint density at radius 1 is 1.19 bits per heavy atom. The standard InChI is InChI=1S/C23H20N2O6S/c1-30-15-8-7-13(9-16(15)31-11-17(24)26)14-10-18(27)25-20-19(12-5-3-2-4-6-12)22(23(28)29)32-21(14)20/h2-9,14H,10-11H2,1H3,(H2,24,26)(H,25,27)(H,28,29). The molecule has 0 spiro atoms. The summed E-state index contributed by atoms with van der Waals surface area (Å²) in [5.41, 5.74) is 7.64. The lowest BCUT2D eigenvalue weighted by Gasteiger charge is -2.24. The molecule has 2 aromatic carbocycles. The van der Waals surface area contributed by atoms with E-state index in [1.54, 1.807) is 18.2 Å². The Morgan fingerprint density at radius 3 is 2.59 bits per heavy atom. The van der Waals surface area contributed by atoms with Crippen LogP contribution in [-0.4, -0.2) is 36.6 Å². The van der Waals surface area contributed by atoms with Crippen LogP contribution in [0.2, 0.25) is 0 Å². The first-order valence-electron chi connectivity index (χ1n) is 9.73. The van der Waals surface area contributed by atoms with Gasteiger partial charge in [0.25, 0.3) is 5.91 Å². The van der Waals surface area contributed by atoms with Gasteiger partial charge in [-0.15, -0.1) is 11.3 Å². The van der Waals surface area contributed by atoms with Crippen molar-refractivity contribution < 1.29 is 29.0 Å². The zero-order valence-electron chi connectivity index (χ0n) is 17.1. The lowest BCUT2D eigenvalue weighted by molar-refractivity contribution is -0.120. The van der Waals surface area contributed by atoms with Crippen LogP contribution in [0.25, 0.3) is 11.1 Å². The van der Waals surface area contributed by atoms with Crippen LogP contribution in [0.4, 0.5) is 5.69 Å². The van der Waals surface area contributed by atoms with E-state index in [4.69, 9.17) is 15.2 Å². The summed E-state index contributed by atoms with van der Waals surface area (Å²) in [4.78, 5) is 36.7. The largest absolute Gasteiger partial charge is 0.493 e. The minimum absolute atomic E-state index is 0.141. The van der Waals surface area contributed by atoms with E-state index >= 15 is 0 Å². The molecule has 2 heterocycles. The van der Waals surface area contributed by atoms with Crippen LogP contribution >= 0.6 is 11.3 Å². The van der Waals surface area contributed by atoms with Gasteiger partial charge in [0, 0.05) is 22.8 Å². The van der Waals surface area contributed by atoms with Gasteiger partial charge < -0.3 is 25.6 Å². The highest BCUT2D eigenvalue weighted by molar-refractivity contribution is 7.15. The number of carboxylic acid groups (broad SMARTS) is 1. The molecule has 0 saturated heterocycles. The summed E-state index contributed by atoms with van der Waals surface area (Å²) < 4.78 is 10.8. The normalized spacial score (nSPS) is 14.9. The lowest BCUT2D eigenvalue weighted by Crippen LogP contribution is -2.23. The Hall–Kier alpha value is -3.85. The van der Waals surface area contributed by atoms with E-state index in [2.05, 4.69) is 5.32 Å². The topological polar surface area (TPSA) is 128 Å². The Bertz CT molecular complexity index is 1200. The second kappa shape index (κ2) is 8.72. The molecule has 0 bridgehead atoms. The summed E-state index contributed by atoms with van der Waals surface area (Å²) >= 11 is 1.14. The number of amides is 2. The maximum Gasteiger partial charge on any atom is 0.346 e. The van der Waals surface area contributed by atoms with Crippen molar-refractivity contribution in [3.05, 3.63) is 63.8 Å². The van der Waals surface area contributed by atoms with E-state index in [1.165, 1.54) is 7.11 Å². The van der Waals surface area contributed by atoms with Crippen LogP contribution in [0, 0.1) is 0 Å². The third-order valence-electron chi connectivity index (χ3n) is 5.12. The molecule has 4 N–H and O–H groups in total. The first-order valence-corrected chi connectivity index (χ1v) is 10.5. The van der Waals surface area contributed by atoms with E-state index in [0.717, 1.165) is 21.8 Å². The number of fused-ring (bicyclic) bond motifs is 1. The Morgan fingerprint density at radius 2 is 1.94 bits per heavy atom. The predicted molar refractivity (Wildman–Crippen MR) is 119 cm³/mol. The number of ether oxygens (including phenoxy) is 2. The molecule has 9 heteroatoms. The molecule has 8 nitrogen and oxygen atoms in total. The van der Waals surface area contributed by atoms with E-state index in [9.17, 15) is 19.5 Å². The second-order valence-electron chi connectivity index (χ2n) is 7.19. The van der Waals surface area contributed by atoms with Crippen LogP contribution < -0.4 is 20.5 Å². The molecular formula is C23H20N2O6S. The third-order valence-corrected chi connectivity index (χ3v) is 6.41. The molecule has 0 aliphatic carbocycles. The van der Waals surface area contributed by atoms with Crippen molar-refractivity contribution in [3.63, 3.8) is 0 Å². The number of aromatic carboxylic acids is 1. The van der Waals surface area contributed by atoms with Crippen molar-refractivity contribution in [2.45, 2.75) is 12.3 Å². The lowest BCUT2D eigenvalue weighted by atomic mass is 9.88. The van der Waals surface area contributed by atoms with Gasteiger partial charge in [0.1, 0.15) is 4.88 Å². The van der Waals surface area contributed by atoms with Crippen LogP contribution in [-0.2, 0) is 9.59 Å². The summed E-state index contributed by atoms with van der Waals surface area (Å²) in [5.74, 6) is -1.57. The number of carbonyl (C=O) groups excluding carboxylic acids is 2. The molecule has 1 unspecified atom stereocenters. The number of hydrogen-bond donors (Lipinski definition) is 3. The van der Waals surface area contributed by atoms with Crippen molar-refractivity contribution in [2.75, 3.05) is 19.0 Å². The molecule has 1 aromatic heterocycles. The summed E-state index contributed by atoms with van der Waals surface area (Å²) in [7, 11) is 1.48. The van der Waals surface area contributed by atoms with E-state index < -0.39 is 11.9 Å². The number of carbonyl (C=O) groups is 3. The summed E-state index contributed by atoms with van der Waals surface area (Å²) in [5, 5.41) is 12.7. The highest BCUT2D eigenvalue weighted by atomic mass is 32.1. The minimum atomic E-state index is -1.06. The molecule has 2 amide bonds. The number of anilines is 1. The molecule has 1 aliphatic rings. The molecule has 164 valence electrons. The highest BCUT2D eigenvalue weighted by Gasteiger charge is 2.34. The molecule has 32 heavy (non-hydrogen) atoms. The predicted octanol–water partition coefficient (Wildman–Crippen LogP) is 3.46. The first-order chi connectivity index (χ1) is 15.4. The van der Waals surface area contributed by atoms with Gasteiger partial charge in [0.15, 0.2) is 18.1 Å². The molecule has 1 atom stereocenters. The highest BCUT2D eigenvalue weighted by Crippen LogP contribution is 2.50. The number of benzene rings is 2. The number of carboxylic acids is 1. The number of nitrogens with two attached hydrogens (primary N) is 1. The van der Waals surface area contributed by atoms with Gasteiger partial charge in [-0.25, -0.2) is 4.79 Å². The van der Waals surface area contributed by atoms with Crippen LogP contribution in [0.3, 0.4) is 0 Å². The van der Waals surface area contributed by atoms with Gasteiger partial charge >= 0.3 is 5.97 Å². The van der Waals surface area contributed by atoms with Crippen LogP contribution in [0.5, 0.6) is 11.5 Å². The quantitative estimate of drug-likeness (QED) is 0.504. The zero-order valence-corrected chi connectivity index (χ0v) is 17.9. The summed E-state index contributed by atoms with van der Waals surface area (Å²) in [6, 6.07) is 14.3. The van der Waals surface area contributed by atoms with Crippen molar-refractivity contribution in [3.8, 4) is 22.6 Å². The summed E-state index contributed by atoms with van der Waals surface area (Å²) in [6.07, 6.45) is 0.141. The number of nitrogens with one attached hydrogen (secondary N) is 1. The van der Waals surface area contributed by atoms with Crippen molar-refractivity contribution in [1.82, 2.24) is 0 Å². The fourth-order valence-electron chi connectivity index (χ4n) is 3.76. The van der Waals surface area contributed by atoms with Gasteiger partial charge in [-0.1, -0.05) is 36.4 Å². The number of rotatable bonds is 7. The van der Waals surface area contributed by atoms with Crippen molar-refractivity contribution in [1.29, 1.82) is 0 Å². The maximum absolute atomic E-state index is 12.6. The molecule has 4 rings (SSSR count). The molecule has 1 aliphatic heterocycles. The smallest absolute Gasteiger partial charge is 0.346 e. The molecular weight excluding hydrogens is 432 g/mol. The number of hydrogen-bond acceptors (Lipinski definition) is 6. The average molecular weight is 452 g/mol. The number of primary amides is 1. The average Bonchev–Trinajstić information content (AvgIpc) is 3.17. The van der Waals surface area contributed by atoms with Gasteiger partial charge in [-0.2, -0.15) is 0 Å². The molecule has 0 saturated carbocycles. The SMILES string of the molecule is COc1ccc(C2CC(=O)Nc3c2sc(C(=O)O)c3-c2ccccc2)cc1OCC(N)=O. The molecule has 0 radical (unpaired) electrons. The third kappa shape index (κ3) is 4.02. The molecule has 3 aromatic rings. The maximum atomic E-state index is 12.6. The molecule has 0 fully saturated rings.